The third kappa shape index (κ3) is 4.34. The number of para-hydroxylation sites is 1. The van der Waals surface area contributed by atoms with Crippen LogP contribution in [-0.2, 0) is 0 Å². The zero-order valence-electron chi connectivity index (χ0n) is 12.2. The second kappa shape index (κ2) is 8.15. The Morgan fingerprint density at radius 1 is 1.17 bits per heavy atom. The summed E-state index contributed by atoms with van der Waals surface area (Å²) in [5.74, 6) is 1.03. The Bertz CT molecular complexity index is 338. The molecule has 0 saturated carbocycles. The van der Waals surface area contributed by atoms with Crippen LogP contribution >= 0.6 is 0 Å². The van der Waals surface area contributed by atoms with Gasteiger partial charge in [0.15, 0.2) is 0 Å². The van der Waals surface area contributed by atoms with E-state index in [1.165, 1.54) is 5.56 Å². The van der Waals surface area contributed by atoms with Crippen LogP contribution in [0.15, 0.2) is 24.3 Å². The van der Waals surface area contributed by atoms with Crippen molar-refractivity contribution in [3.05, 3.63) is 29.8 Å². The van der Waals surface area contributed by atoms with Gasteiger partial charge < -0.3 is 10.1 Å². The van der Waals surface area contributed by atoms with Crippen LogP contribution in [0.1, 0.15) is 58.6 Å². The van der Waals surface area contributed by atoms with Crippen molar-refractivity contribution in [2.75, 3.05) is 6.54 Å². The molecule has 0 radical (unpaired) electrons. The maximum Gasteiger partial charge on any atom is 0.124 e. The van der Waals surface area contributed by atoms with Gasteiger partial charge in [0.2, 0.25) is 0 Å². The van der Waals surface area contributed by atoms with Crippen LogP contribution in [0.5, 0.6) is 5.75 Å². The van der Waals surface area contributed by atoms with Crippen LogP contribution in [-0.4, -0.2) is 12.6 Å². The fourth-order valence-electron chi connectivity index (χ4n) is 2.28. The second-order valence-electron chi connectivity index (χ2n) is 4.77. The monoisotopic (exact) mass is 249 g/mol. The molecule has 2 unspecified atom stereocenters. The fraction of sp³-hybridized carbons (Fsp3) is 0.625. The van der Waals surface area contributed by atoms with Gasteiger partial charge in [-0.3, -0.25) is 0 Å². The molecule has 2 heteroatoms. The summed E-state index contributed by atoms with van der Waals surface area (Å²) < 4.78 is 6.08. The van der Waals surface area contributed by atoms with Gasteiger partial charge in [-0.15, -0.1) is 0 Å². The Kier molecular flexibility index (Phi) is 6.81. The summed E-state index contributed by atoms with van der Waals surface area (Å²) >= 11 is 0. The molecule has 18 heavy (non-hydrogen) atoms. The molecule has 0 aliphatic heterocycles. The van der Waals surface area contributed by atoms with Gasteiger partial charge in [-0.05, 0) is 32.4 Å². The van der Waals surface area contributed by atoms with E-state index in [0.29, 0.717) is 6.04 Å². The molecule has 1 rings (SSSR count). The molecule has 1 aromatic carbocycles. The van der Waals surface area contributed by atoms with Gasteiger partial charge in [0, 0.05) is 11.6 Å². The number of rotatable bonds is 8. The SMILES string of the molecule is CCCC(C)Oc1ccccc1C(CC)NCC. The van der Waals surface area contributed by atoms with Crippen molar-refractivity contribution in [2.24, 2.45) is 0 Å². The van der Waals surface area contributed by atoms with E-state index in [4.69, 9.17) is 4.74 Å². The van der Waals surface area contributed by atoms with Crippen molar-refractivity contribution in [3.8, 4) is 5.75 Å². The molecule has 0 aromatic heterocycles. The molecular weight excluding hydrogens is 222 g/mol. The molecule has 1 aromatic rings. The highest BCUT2D eigenvalue weighted by Gasteiger charge is 2.14. The quantitative estimate of drug-likeness (QED) is 0.741. The molecule has 102 valence electrons. The minimum absolute atomic E-state index is 0.287. The largest absolute Gasteiger partial charge is 0.490 e. The summed E-state index contributed by atoms with van der Waals surface area (Å²) in [5.41, 5.74) is 1.28. The number of nitrogens with one attached hydrogen (secondary N) is 1. The summed E-state index contributed by atoms with van der Waals surface area (Å²) in [6, 6.07) is 8.79. The predicted octanol–water partition coefficient (Wildman–Crippen LogP) is 4.31. The minimum Gasteiger partial charge on any atom is -0.490 e. The van der Waals surface area contributed by atoms with E-state index in [1.807, 2.05) is 0 Å². The topological polar surface area (TPSA) is 21.3 Å². The Labute approximate surface area is 112 Å². The first-order valence-corrected chi connectivity index (χ1v) is 7.21. The molecule has 0 aliphatic carbocycles. The molecule has 0 spiro atoms. The van der Waals surface area contributed by atoms with Crippen LogP contribution in [0.2, 0.25) is 0 Å². The van der Waals surface area contributed by atoms with Crippen molar-refractivity contribution >= 4 is 0 Å². The maximum absolute atomic E-state index is 6.08. The maximum atomic E-state index is 6.08. The zero-order valence-corrected chi connectivity index (χ0v) is 12.2. The fourth-order valence-corrected chi connectivity index (χ4v) is 2.28. The molecule has 0 heterocycles. The molecule has 0 saturated heterocycles. The van der Waals surface area contributed by atoms with E-state index < -0.39 is 0 Å². The second-order valence-corrected chi connectivity index (χ2v) is 4.77. The van der Waals surface area contributed by atoms with E-state index in [2.05, 4.69) is 57.3 Å². The van der Waals surface area contributed by atoms with Gasteiger partial charge in [0.25, 0.3) is 0 Å². The summed E-state index contributed by atoms with van der Waals surface area (Å²) in [7, 11) is 0. The normalized spacial score (nSPS) is 14.2. The first kappa shape index (κ1) is 15.0. The van der Waals surface area contributed by atoms with Crippen molar-refractivity contribution in [1.82, 2.24) is 5.32 Å². The smallest absolute Gasteiger partial charge is 0.124 e. The standard InChI is InChI=1S/C16H27NO/c1-5-10-13(4)18-16-12-9-8-11-14(16)15(6-2)17-7-3/h8-9,11-13,15,17H,5-7,10H2,1-4H3. The van der Waals surface area contributed by atoms with Crippen LogP contribution in [0.3, 0.4) is 0 Å². The van der Waals surface area contributed by atoms with Gasteiger partial charge in [-0.1, -0.05) is 45.4 Å². The van der Waals surface area contributed by atoms with E-state index in [0.717, 1.165) is 31.6 Å². The van der Waals surface area contributed by atoms with E-state index in [-0.39, 0.29) is 6.10 Å². The van der Waals surface area contributed by atoms with Crippen LogP contribution < -0.4 is 10.1 Å². The van der Waals surface area contributed by atoms with Crippen molar-refractivity contribution in [2.45, 2.75) is 59.1 Å². The molecule has 0 amide bonds. The summed E-state index contributed by atoms with van der Waals surface area (Å²) in [6.07, 6.45) is 3.63. The molecule has 2 nitrogen and oxygen atoms in total. The Morgan fingerprint density at radius 2 is 1.89 bits per heavy atom. The first-order chi connectivity index (χ1) is 8.72. The van der Waals surface area contributed by atoms with Crippen LogP contribution in [0.4, 0.5) is 0 Å². The van der Waals surface area contributed by atoms with Crippen molar-refractivity contribution in [3.63, 3.8) is 0 Å². The van der Waals surface area contributed by atoms with Crippen molar-refractivity contribution < 1.29 is 4.74 Å². The number of hydrogen-bond donors (Lipinski definition) is 1. The zero-order chi connectivity index (χ0) is 13.4. The van der Waals surface area contributed by atoms with Gasteiger partial charge in [-0.2, -0.15) is 0 Å². The van der Waals surface area contributed by atoms with Gasteiger partial charge in [-0.25, -0.2) is 0 Å². The van der Waals surface area contributed by atoms with Crippen LogP contribution in [0, 0.1) is 0 Å². The van der Waals surface area contributed by atoms with E-state index in [9.17, 15) is 0 Å². The van der Waals surface area contributed by atoms with E-state index >= 15 is 0 Å². The predicted molar refractivity (Wildman–Crippen MR) is 78.1 cm³/mol. The van der Waals surface area contributed by atoms with Gasteiger partial charge in [0.05, 0.1) is 6.10 Å². The Balaban J connectivity index is 2.83. The lowest BCUT2D eigenvalue weighted by Crippen LogP contribution is -2.22. The van der Waals surface area contributed by atoms with Gasteiger partial charge in [0.1, 0.15) is 5.75 Å². The molecule has 0 fully saturated rings. The highest BCUT2D eigenvalue weighted by molar-refractivity contribution is 5.36. The number of benzene rings is 1. The third-order valence-corrected chi connectivity index (χ3v) is 3.18. The lowest BCUT2D eigenvalue weighted by Gasteiger charge is -2.22. The lowest BCUT2D eigenvalue weighted by molar-refractivity contribution is 0.206. The summed E-state index contributed by atoms with van der Waals surface area (Å²) in [4.78, 5) is 0. The Morgan fingerprint density at radius 3 is 2.50 bits per heavy atom. The van der Waals surface area contributed by atoms with Crippen LogP contribution in [0.25, 0.3) is 0 Å². The number of ether oxygens (including phenoxy) is 1. The van der Waals surface area contributed by atoms with E-state index in [1.54, 1.807) is 0 Å². The summed E-state index contributed by atoms with van der Waals surface area (Å²) in [5, 5.41) is 3.51. The summed E-state index contributed by atoms with van der Waals surface area (Å²) in [6.45, 7) is 9.68. The highest BCUT2D eigenvalue weighted by atomic mass is 16.5. The molecular formula is C16H27NO. The average Bonchev–Trinajstić information content (AvgIpc) is 2.37. The molecule has 0 aliphatic rings. The average molecular weight is 249 g/mol. The molecule has 0 bridgehead atoms. The molecule has 1 N–H and O–H groups in total. The van der Waals surface area contributed by atoms with Crippen molar-refractivity contribution in [1.29, 1.82) is 0 Å². The Hall–Kier alpha value is -1.02. The lowest BCUT2D eigenvalue weighted by atomic mass is 10.0. The van der Waals surface area contributed by atoms with Gasteiger partial charge >= 0.3 is 0 Å². The molecule has 2 atom stereocenters. The first-order valence-electron chi connectivity index (χ1n) is 7.21. The highest BCUT2D eigenvalue weighted by Crippen LogP contribution is 2.28. The number of hydrogen-bond acceptors (Lipinski definition) is 2. The minimum atomic E-state index is 0.287. The third-order valence-electron chi connectivity index (χ3n) is 3.18.